The first-order valence-corrected chi connectivity index (χ1v) is 9.35. The highest BCUT2D eigenvalue weighted by Gasteiger charge is 2.29. The Hall–Kier alpha value is -0.170. The molecule has 2 rings (SSSR count). The highest BCUT2D eigenvalue weighted by atomic mass is 32.2. The molecular weight excluding hydrogens is 276 g/mol. The van der Waals surface area contributed by atoms with Crippen LogP contribution in [0.4, 0.5) is 0 Å². The minimum Gasteiger partial charge on any atom is -0.391 e. The fraction of sp³-hybridized carbons (Fsp3) is 1.00. The maximum absolute atomic E-state index is 12.3. The molecule has 0 aromatic rings. The first-order valence-electron chi connectivity index (χ1n) is 7.91. The maximum atomic E-state index is 12.3. The Kier molecular flexibility index (Phi) is 5.84. The van der Waals surface area contributed by atoms with Crippen molar-refractivity contribution in [3.05, 3.63) is 0 Å². The van der Waals surface area contributed by atoms with Gasteiger partial charge in [0.2, 0.25) is 0 Å². The molecule has 0 saturated heterocycles. The van der Waals surface area contributed by atoms with Crippen LogP contribution in [0.1, 0.15) is 57.8 Å². The van der Waals surface area contributed by atoms with Crippen LogP contribution in [-0.2, 0) is 10.2 Å². The molecule has 2 fully saturated rings. The van der Waals surface area contributed by atoms with Crippen LogP contribution in [0.15, 0.2) is 0 Å². The number of nitrogens with zero attached hydrogens (tertiary/aromatic N) is 1. The van der Waals surface area contributed by atoms with Crippen molar-refractivity contribution >= 4 is 10.2 Å². The van der Waals surface area contributed by atoms with Crippen LogP contribution in [0, 0.1) is 5.92 Å². The summed E-state index contributed by atoms with van der Waals surface area (Å²) in [5.74, 6) is 0.262. The molecule has 0 radical (unpaired) electrons. The van der Waals surface area contributed by atoms with E-state index < -0.39 is 16.3 Å². The minimum atomic E-state index is -3.46. The predicted molar refractivity (Wildman–Crippen MR) is 79.5 cm³/mol. The van der Waals surface area contributed by atoms with Crippen molar-refractivity contribution in [2.45, 2.75) is 69.9 Å². The van der Waals surface area contributed by atoms with Crippen molar-refractivity contribution in [2.24, 2.45) is 5.92 Å². The Morgan fingerprint density at radius 3 is 2.25 bits per heavy atom. The lowest BCUT2D eigenvalue weighted by atomic mass is 9.96. The zero-order chi connectivity index (χ0) is 14.6. The van der Waals surface area contributed by atoms with Gasteiger partial charge in [0.1, 0.15) is 0 Å². The van der Waals surface area contributed by atoms with E-state index in [0.29, 0.717) is 0 Å². The Labute approximate surface area is 122 Å². The van der Waals surface area contributed by atoms with E-state index in [2.05, 4.69) is 4.72 Å². The maximum Gasteiger partial charge on any atom is 0.279 e. The molecule has 20 heavy (non-hydrogen) atoms. The second-order valence-electron chi connectivity index (χ2n) is 6.27. The zero-order valence-corrected chi connectivity index (χ0v) is 13.2. The van der Waals surface area contributed by atoms with Crippen LogP contribution >= 0.6 is 0 Å². The van der Waals surface area contributed by atoms with Crippen molar-refractivity contribution < 1.29 is 13.5 Å². The molecule has 118 valence electrons. The first kappa shape index (κ1) is 16.2. The largest absolute Gasteiger partial charge is 0.391 e. The number of aliphatic hydroxyl groups excluding tert-OH is 1. The average molecular weight is 304 g/mol. The molecule has 2 aliphatic rings. The Bertz CT molecular complexity index is 387. The van der Waals surface area contributed by atoms with E-state index in [0.717, 1.165) is 51.4 Å². The highest BCUT2D eigenvalue weighted by molar-refractivity contribution is 7.87. The second kappa shape index (κ2) is 7.20. The van der Waals surface area contributed by atoms with Gasteiger partial charge in [0.15, 0.2) is 0 Å². The Morgan fingerprint density at radius 2 is 1.65 bits per heavy atom. The van der Waals surface area contributed by atoms with E-state index in [9.17, 15) is 13.5 Å². The van der Waals surface area contributed by atoms with Crippen LogP contribution in [0.5, 0.6) is 0 Å². The summed E-state index contributed by atoms with van der Waals surface area (Å²) in [6, 6.07) is 0.116. The van der Waals surface area contributed by atoms with Gasteiger partial charge in [-0.1, -0.05) is 32.1 Å². The molecule has 0 aromatic carbocycles. The third kappa shape index (κ3) is 4.16. The van der Waals surface area contributed by atoms with Crippen molar-refractivity contribution in [1.82, 2.24) is 9.03 Å². The van der Waals surface area contributed by atoms with Gasteiger partial charge in [-0.15, -0.1) is 0 Å². The molecule has 0 aromatic heterocycles. The molecule has 1 atom stereocenters. The van der Waals surface area contributed by atoms with Gasteiger partial charge in [0, 0.05) is 19.6 Å². The van der Waals surface area contributed by atoms with Gasteiger partial charge in [0.25, 0.3) is 10.2 Å². The summed E-state index contributed by atoms with van der Waals surface area (Å²) < 4.78 is 28.6. The van der Waals surface area contributed by atoms with Crippen molar-refractivity contribution in [2.75, 3.05) is 13.6 Å². The van der Waals surface area contributed by atoms with E-state index in [1.807, 2.05) is 0 Å². The van der Waals surface area contributed by atoms with Gasteiger partial charge in [0.05, 0.1) is 6.10 Å². The third-order valence-electron chi connectivity index (χ3n) is 4.89. The van der Waals surface area contributed by atoms with Gasteiger partial charge >= 0.3 is 0 Å². The van der Waals surface area contributed by atoms with Crippen LogP contribution in [0.25, 0.3) is 0 Å². The third-order valence-corrected chi connectivity index (χ3v) is 6.47. The van der Waals surface area contributed by atoms with Crippen molar-refractivity contribution in [3.8, 4) is 0 Å². The Morgan fingerprint density at radius 1 is 1.10 bits per heavy atom. The Balaban J connectivity index is 1.82. The molecular formula is C14H28N2O3S. The highest BCUT2D eigenvalue weighted by Crippen LogP contribution is 2.27. The number of hydrogen-bond acceptors (Lipinski definition) is 3. The quantitative estimate of drug-likeness (QED) is 0.783. The summed E-state index contributed by atoms with van der Waals surface area (Å²) in [7, 11) is -1.81. The van der Waals surface area contributed by atoms with Crippen LogP contribution in [-0.4, -0.2) is 43.6 Å². The predicted octanol–water partition coefficient (Wildman–Crippen LogP) is 1.64. The van der Waals surface area contributed by atoms with Gasteiger partial charge in [-0.3, -0.25) is 0 Å². The van der Waals surface area contributed by atoms with E-state index >= 15 is 0 Å². The van der Waals surface area contributed by atoms with E-state index in [1.54, 1.807) is 7.05 Å². The van der Waals surface area contributed by atoms with Crippen molar-refractivity contribution in [3.63, 3.8) is 0 Å². The first-order chi connectivity index (χ1) is 9.50. The molecule has 0 spiro atoms. The summed E-state index contributed by atoms with van der Waals surface area (Å²) in [5, 5.41) is 10.1. The van der Waals surface area contributed by atoms with Gasteiger partial charge in [-0.25, -0.2) is 0 Å². The van der Waals surface area contributed by atoms with Gasteiger partial charge in [-0.2, -0.15) is 17.4 Å². The van der Waals surface area contributed by atoms with Crippen molar-refractivity contribution in [1.29, 1.82) is 0 Å². The molecule has 2 aliphatic carbocycles. The van der Waals surface area contributed by atoms with Gasteiger partial charge in [-0.05, 0) is 31.6 Å². The summed E-state index contributed by atoms with van der Waals surface area (Å²) in [4.78, 5) is 0. The van der Waals surface area contributed by atoms with Crippen LogP contribution < -0.4 is 4.72 Å². The van der Waals surface area contributed by atoms with Crippen LogP contribution in [0.2, 0.25) is 0 Å². The summed E-state index contributed by atoms with van der Waals surface area (Å²) in [5.41, 5.74) is 0. The molecule has 0 bridgehead atoms. The summed E-state index contributed by atoms with van der Waals surface area (Å²) in [6.45, 7) is 0.143. The minimum absolute atomic E-state index is 0.116. The normalized spacial score (nSPS) is 24.4. The second-order valence-corrected chi connectivity index (χ2v) is 8.09. The number of aliphatic hydroxyl groups is 1. The average Bonchev–Trinajstić information content (AvgIpc) is 2.99. The number of hydrogen-bond donors (Lipinski definition) is 2. The standard InChI is InChI=1S/C14H28N2O3S/c1-16(13-9-3-2-4-10-13)20(18,19)15-11-14(17)12-7-5-6-8-12/h12-15,17H,2-11H2,1H3. The fourth-order valence-electron chi connectivity index (χ4n) is 3.44. The number of nitrogens with one attached hydrogen (secondary N) is 1. The molecule has 2 N–H and O–H groups in total. The molecule has 1 unspecified atom stereocenters. The number of rotatable bonds is 6. The van der Waals surface area contributed by atoms with E-state index in [-0.39, 0.29) is 18.5 Å². The monoisotopic (exact) mass is 304 g/mol. The van der Waals surface area contributed by atoms with E-state index in [1.165, 1.54) is 10.7 Å². The lowest BCUT2D eigenvalue weighted by Crippen LogP contribution is -2.47. The smallest absolute Gasteiger partial charge is 0.279 e. The molecule has 0 aliphatic heterocycles. The summed E-state index contributed by atoms with van der Waals surface area (Å²) in [6.07, 6.45) is 9.09. The van der Waals surface area contributed by atoms with E-state index in [4.69, 9.17) is 0 Å². The fourth-order valence-corrected chi connectivity index (χ4v) is 4.63. The SMILES string of the molecule is CN(C1CCCCC1)S(=O)(=O)NCC(O)C1CCCC1. The lowest BCUT2D eigenvalue weighted by molar-refractivity contribution is 0.114. The molecule has 6 heteroatoms. The lowest BCUT2D eigenvalue weighted by Gasteiger charge is -2.31. The molecule has 0 heterocycles. The topological polar surface area (TPSA) is 69.6 Å². The molecule has 0 amide bonds. The zero-order valence-electron chi connectivity index (χ0n) is 12.4. The molecule has 5 nitrogen and oxygen atoms in total. The van der Waals surface area contributed by atoms with Crippen LogP contribution in [0.3, 0.4) is 0 Å². The van der Waals surface area contributed by atoms with Gasteiger partial charge < -0.3 is 5.11 Å². The summed E-state index contributed by atoms with van der Waals surface area (Å²) >= 11 is 0. The molecule has 2 saturated carbocycles.